The van der Waals surface area contributed by atoms with Crippen molar-refractivity contribution >= 4 is 5.82 Å². The summed E-state index contributed by atoms with van der Waals surface area (Å²) in [5.74, 6) is 2.17. The summed E-state index contributed by atoms with van der Waals surface area (Å²) < 4.78 is 35.4. The molecule has 2 aromatic heterocycles. The molecule has 0 bridgehead atoms. The first-order valence-electron chi connectivity index (χ1n) is 10.4. The second-order valence-electron chi connectivity index (χ2n) is 8.26. The van der Waals surface area contributed by atoms with Crippen LogP contribution in [0.15, 0.2) is 18.3 Å². The van der Waals surface area contributed by atoms with Gasteiger partial charge in [-0.05, 0) is 30.4 Å². The van der Waals surface area contributed by atoms with E-state index in [2.05, 4.69) is 19.6 Å². The molecular formula is C21H25F2N5O2. The summed E-state index contributed by atoms with van der Waals surface area (Å²) in [6, 6.07) is 3.99. The highest BCUT2D eigenvalue weighted by Gasteiger charge is 2.58. The molecule has 1 aliphatic carbocycles. The number of nitrogens with zero attached hydrogens (tertiary/aromatic N) is 4. The summed E-state index contributed by atoms with van der Waals surface area (Å²) in [6.07, 6.45) is 3.35. The van der Waals surface area contributed by atoms with Crippen LogP contribution in [0.1, 0.15) is 30.8 Å². The SMILES string of the molecule is CCc1nc(-c2cnc(N)c(OC(F)F)c2)cc(C2C3CN(C4CCOC4)CC32)n1. The van der Waals surface area contributed by atoms with Gasteiger partial charge in [0.05, 0.1) is 12.3 Å². The van der Waals surface area contributed by atoms with Crippen molar-refractivity contribution in [2.45, 2.75) is 38.3 Å². The summed E-state index contributed by atoms with van der Waals surface area (Å²) in [7, 11) is 0. The van der Waals surface area contributed by atoms with Gasteiger partial charge >= 0.3 is 6.61 Å². The molecule has 7 nitrogen and oxygen atoms in total. The molecule has 9 heteroatoms. The lowest BCUT2D eigenvalue weighted by Gasteiger charge is -2.25. The van der Waals surface area contributed by atoms with E-state index in [0.717, 1.165) is 44.2 Å². The molecule has 160 valence electrons. The largest absolute Gasteiger partial charge is 0.431 e. The van der Waals surface area contributed by atoms with Gasteiger partial charge in [0.15, 0.2) is 11.6 Å². The predicted molar refractivity (Wildman–Crippen MR) is 106 cm³/mol. The van der Waals surface area contributed by atoms with E-state index in [9.17, 15) is 8.78 Å². The van der Waals surface area contributed by atoms with Crippen molar-refractivity contribution in [2.24, 2.45) is 11.8 Å². The lowest BCUT2D eigenvalue weighted by atomic mass is 10.1. The number of aromatic nitrogens is 3. The molecule has 0 aromatic carbocycles. The number of alkyl halides is 2. The standard InChI is InChI=1S/C21H25F2N5O2/c1-2-18-26-15(11-5-17(30-21(22)23)20(24)25-7-11)6-16(27-18)19-13-8-28(9-14(13)19)12-3-4-29-10-12/h5-7,12-14,19,21H,2-4,8-10H2,1H3,(H2,24,25). The fourth-order valence-electron chi connectivity index (χ4n) is 4.89. The van der Waals surface area contributed by atoms with Gasteiger partial charge in [0.2, 0.25) is 0 Å². The molecule has 0 spiro atoms. The summed E-state index contributed by atoms with van der Waals surface area (Å²) in [4.78, 5) is 15.9. The minimum absolute atomic E-state index is 0.0725. The van der Waals surface area contributed by atoms with Gasteiger partial charge in [0, 0.05) is 55.5 Å². The molecule has 1 saturated carbocycles. The van der Waals surface area contributed by atoms with E-state index in [-0.39, 0.29) is 11.6 Å². The second kappa shape index (κ2) is 7.70. The van der Waals surface area contributed by atoms with E-state index >= 15 is 0 Å². The maximum Gasteiger partial charge on any atom is 0.387 e. The number of rotatable bonds is 6. The number of halogens is 2. The number of aryl methyl sites for hydroxylation is 1. The van der Waals surface area contributed by atoms with Crippen molar-refractivity contribution in [2.75, 3.05) is 32.0 Å². The molecule has 3 atom stereocenters. The van der Waals surface area contributed by atoms with E-state index in [1.54, 1.807) is 0 Å². The number of anilines is 1. The van der Waals surface area contributed by atoms with Crippen molar-refractivity contribution < 1.29 is 18.3 Å². The van der Waals surface area contributed by atoms with E-state index in [4.69, 9.17) is 15.5 Å². The molecule has 2 aromatic rings. The summed E-state index contributed by atoms with van der Waals surface area (Å²) >= 11 is 0. The monoisotopic (exact) mass is 417 g/mol. The average Bonchev–Trinajstić information content (AvgIpc) is 3.11. The Balaban J connectivity index is 1.38. The average molecular weight is 417 g/mol. The number of fused-ring (bicyclic) bond motifs is 1. The summed E-state index contributed by atoms with van der Waals surface area (Å²) in [5.41, 5.74) is 7.95. The van der Waals surface area contributed by atoms with Gasteiger partial charge in [0.1, 0.15) is 5.82 Å². The van der Waals surface area contributed by atoms with Crippen LogP contribution in [-0.4, -0.2) is 58.8 Å². The van der Waals surface area contributed by atoms with E-state index in [1.807, 2.05) is 13.0 Å². The number of nitrogen functional groups attached to an aromatic ring is 1. The highest BCUT2D eigenvalue weighted by molar-refractivity contribution is 5.64. The van der Waals surface area contributed by atoms with E-state index in [0.29, 0.717) is 41.5 Å². The third-order valence-electron chi connectivity index (χ3n) is 6.49. The van der Waals surface area contributed by atoms with Crippen LogP contribution in [0.25, 0.3) is 11.3 Å². The third-order valence-corrected chi connectivity index (χ3v) is 6.49. The number of nitrogens with two attached hydrogens (primary N) is 1. The first-order valence-corrected chi connectivity index (χ1v) is 10.4. The van der Waals surface area contributed by atoms with Crippen LogP contribution < -0.4 is 10.5 Å². The van der Waals surface area contributed by atoms with Crippen LogP contribution in [0.2, 0.25) is 0 Å². The molecule has 0 radical (unpaired) electrons. The first kappa shape index (κ1) is 19.6. The quantitative estimate of drug-likeness (QED) is 0.773. The molecule has 3 aliphatic rings. The van der Waals surface area contributed by atoms with Crippen molar-refractivity contribution in [3.05, 3.63) is 29.8 Å². The number of likely N-dealkylation sites (tertiary alicyclic amines) is 1. The minimum Gasteiger partial charge on any atom is -0.431 e. The summed E-state index contributed by atoms with van der Waals surface area (Å²) in [5, 5.41) is 0. The molecule has 4 heterocycles. The topological polar surface area (TPSA) is 86.4 Å². The Labute approximate surface area is 173 Å². The number of pyridine rings is 1. The van der Waals surface area contributed by atoms with Gasteiger partial charge in [-0.3, -0.25) is 4.90 Å². The number of hydrogen-bond donors (Lipinski definition) is 1. The molecule has 2 N–H and O–H groups in total. The fraction of sp³-hybridized carbons (Fsp3) is 0.571. The van der Waals surface area contributed by atoms with Crippen LogP contribution in [0, 0.1) is 11.8 Å². The normalized spacial score (nSPS) is 28.1. The lowest BCUT2D eigenvalue weighted by molar-refractivity contribution is -0.0494. The van der Waals surface area contributed by atoms with Gasteiger partial charge in [-0.15, -0.1) is 0 Å². The van der Waals surface area contributed by atoms with Crippen LogP contribution in [0.3, 0.4) is 0 Å². The highest BCUT2D eigenvalue weighted by atomic mass is 19.3. The van der Waals surface area contributed by atoms with Crippen molar-refractivity contribution in [1.29, 1.82) is 0 Å². The number of ether oxygens (including phenoxy) is 2. The molecule has 30 heavy (non-hydrogen) atoms. The zero-order valence-corrected chi connectivity index (χ0v) is 16.8. The van der Waals surface area contributed by atoms with E-state index in [1.165, 1.54) is 12.3 Å². The Bertz CT molecular complexity index is 926. The Morgan fingerprint density at radius 2 is 2.07 bits per heavy atom. The van der Waals surface area contributed by atoms with Gasteiger partial charge in [-0.2, -0.15) is 8.78 Å². The molecular weight excluding hydrogens is 392 g/mol. The molecule has 2 aliphatic heterocycles. The maximum absolute atomic E-state index is 12.7. The van der Waals surface area contributed by atoms with Crippen LogP contribution in [-0.2, 0) is 11.2 Å². The first-order chi connectivity index (χ1) is 14.5. The van der Waals surface area contributed by atoms with Crippen molar-refractivity contribution in [3.8, 4) is 17.0 Å². The number of piperidine rings is 1. The zero-order chi connectivity index (χ0) is 20.8. The smallest absolute Gasteiger partial charge is 0.387 e. The summed E-state index contributed by atoms with van der Waals surface area (Å²) in [6.45, 7) is 2.91. The fourth-order valence-corrected chi connectivity index (χ4v) is 4.89. The Kier molecular flexibility index (Phi) is 5.02. The van der Waals surface area contributed by atoms with Gasteiger partial charge in [-0.25, -0.2) is 15.0 Å². The van der Waals surface area contributed by atoms with E-state index < -0.39 is 6.61 Å². The van der Waals surface area contributed by atoms with Crippen LogP contribution in [0.5, 0.6) is 5.75 Å². The van der Waals surface area contributed by atoms with Gasteiger partial charge in [-0.1, -0.05) is 6.92 Å². The number of hydrogen-bond acceptors (Lipinski definition) is 7. The third kappa shape index (κ3) is 3.60. The van der Waals surface area contributed by atoms with Crippen molar-refractivity contribution in [1.82, 2.24) is 19.9 Å². The molecule has 3 fully saturated rings. The highest BCUT2D eigenvalue weighted by Crippen LogP contribution is 2.58. The molecule has 3 unspecified atom stereocenters. The lowest BCUT2D eigenvalue weighted by Crippen LogP contribution is -2.35. The molecule has 0 amide bonds. The Morgan fingerprint density at radius 1 is 1.27 bits per heavy atom. The predicted octanol–water partition coefficient (Wildman–Crippen LogP) is 2.72. The van der Waals surface area contributed by atoms with Crippen LogP contribution >= 0.6 is 0 Å². The molecule has 5 rings (SSSR count). The minimum atomic E-state index is -2.96. The zero-order valence-electron chi connectivity index (χ0n) is 16.8. The van der Waals surface area contributed by atoms with Crippen molar-refractivity contribution in [3.63, 3.8) is 0 Å². The maximum atomic E-state index is 12.7. The molecule has 2 saturated heterocycles. The van der Waals surface area contributed by atoms with Gasteiger partial charge < -0.3 is 15.2 Å². The van der Waals surface area contributed by atoms with Crippen LogP contribution in [0.4, 0.5) is 14.6 Å². The Morgan fingerprint density at radius 3 is 2.73 bits per heavy atom. The second-order valence-corrected chi connectivity index (χ2v) is 8.26. The Hall–Kier alpha value is -2.39. The van der Waals surface area contributed by atoms with Gasteiger partial charge in [0.25, 0.3) is 0 Å².